The molecule has 2 aromatic carbocycles. The number of amides is 1. The zero-order valence-electron chi connectivity index (χ0n) is 12.3. The third kappa shape index (κ3) is 4.28. The van der Waals surface area contributed by atoms with Crippen LogP contribution >= 0.6 is 0 Å². The second kappa shape index (κ2) is 7.21. The van der Waals surface area contributed by atoms with Crippen molar-refractivity contribution in [1.82, 2.24) is 0 Å². The van der Waals surface area contributed by atoms with Gasteiger partial charge in [-0.25, -0.2) is 4.39 Å². The van der Waals surface area contributed by atoms with Crippen LogP contribution in [0.15, 0.2) is 48.5 Å². The van der Waals surface area contributed by atoms with Gasteiger partial charge in [-0.2, -0.15) is 0 Å². The molecule has 1 atom stereocenters. The first-order valence-electron chi connectivity index (χ1n) is 7.24. The molecule has 1 aliphatic rings. The lowest BCUT2D eigenvalue weighted by atomic mass is 10.2. The van der Waals surface area contributed by atoms with E-state index in [1.54, 1.807) is 36.4 Å². The largest absolute Gasteiger partial charge is 0.457 e. The third-order valence-electron chi connectivity index (χ3n) is 3.26. The van der Waals surface area contributed by atoms with Gasteiger partial charge in [-0.05, 0) is 36.4 Å². The van der Waals surface area contributed by atoms with E-state index in [1.165, 1.54) is 12.1 Å². The number of anilines is 1. The molecule has 1 fully saturated rings. The van der Waals surface area contributed by atoms with E-state index in [2.05, 4.69) is 5.32 Å². The van der Waals surface area contributed by atoms with E-state index in [1.807, 2.05) is 0 Å². The first kappa shape index (κ1) is 15.5. The zero-order chi connectivity index (χ0) is 16.1. The highest BCUT2D eigenvalue weighted by molar-refractivity contribution is 5.94. The van der Waals surface area contributed by atoms with Gasteiger partial charge >= 0.3 is 0 Å². The standard InChI is InChI=1S/C17H16FNO4/c18-12-2-1-3-15(10-12)23-14-6-4-13(5-7-14)19-17(20)16-11-21-8-9-22-16/h1-7,10,16H,8-9,11H2,(H,19,20)/t16-/m1/s1. The lowest BCUT2D eigenvalue weighted by Gasteiger charge is -2.22. The van der Waals surface area contributed by atoms with E-state index in [4.69, 9.17) is 14.2 Å². The molecular formula is C17H16FNO4. The van der Waals surface area contributed by atoms with Crippen molar-refractivity contribution in [3.8, 4) is 11.5 Å². The molecule has 2 aromatic rings. The summed E-state index contributed by atoms with van der Waals surface area (Å²) in [6, 6.07) is 12.7. The van der Waals surface area contributed by atoms with Gasteiger partial charge in [0.2, 0.25) is 0 Å². The second-order valence-corrected chi connectivity index (χ2v) is 5.01. The molecule has 0 bridgehead atoms. The van der Waals surface area contributed by atoms with Crippen LogP contribution in [0.5, 0.6) is 11.5 Å². The van der Waals surface area contributed by atoms with E-state index in [-0.39, 0.29) is 18.3 Å². The average molecular weight is 317 g/mol. The van der Waals surface area contributed by atoms with Crippen LogP contribution < -0.4 is 10.1 Å². The molecule has 0 spiro atoms. The summed E-state index contributed by atoms with van der Waals surface area (Å²) in [6.07, 6.45) is -0.591. The Hall–Kier alpha value is -2.44. The van der Waals surface area contributed by atoms with Gasteiger partial charge in [-0.3, -0.25) is 4.79 Å². The van der Waals surface area contributed by atoms with Crippen molar-refractivity contribution in [1.29, 1.82) is 0 Å². The highest BCUT2D eigenvalue weighted by atomic mass is 19.1. The Bertz CT molecular complexity index is 669. The molecule has 6 heteroatoms. The van der Waals surface area contributed by atoms with Crippen molar-refractivity contribution < 1.29 is 23.4 Å². The van der Waals surface area contributed by atoms with Gasteiger partial charge < -0.3 is 19.5 Å². The van der Waals surface area contributed by atoms with Crippen molar-refractivity contribution in [2.75, 3.05) is 25.1 Å². The highest BCUT2D eigenvalue weighted by Gasteiger charge is 2.22. The van der Waals surface area contributed by atoms with Crippen molar-refractivity contribution in [3.63, 3.8) is 0 Å². The van der Waals surface area contributed by atoms with Gasteiger partial charge in [-0.15, -0.1) is 0 Å². The second-order valence-electron chi connectivity index (χ2n) is 5.01. The molecule has 0 aliphatic carbocycles. The zero-order valence-corrected chi connectivity index (χ0v) is 12.3. The fourth-order valence-electron chi connectivity index (χ4n) is 2.13. The third-order valence-corrected chi connectivity index (χ3v) is 3.26. The normalized spacial score (nSPS) is 17.5. The van der Waals surface area contributed by atoms with Crippen molar-refractivity contribution in [2.24, 2.45) is 0 Å². The van der Waals surface area contributed by atoms with E-state index >= 15 is 0 Å². The number of carbonyl (C=O) groups excluding carboxylic acids is 1. The quantitative estimate of drug-likeness (QED) is 0.942. The fraction of sp³-hybridized carbons (Fsp3) is 0.235. The monoisotopic (exact) mass is 317 g/mol. The molecule has 1 aliphatic heterocycles. The van der Waals surface area contributed by atoms with Crippen LogP contribution in [0.3, 0.4) is 0 Å². The SMILES string of the molecule is O=C(Nc1ccc(Oc2cccc(F)c2)cc1)[C@H]1COCCO1. The molecule has 1 N–H and O–H groups in total. The van der Waals surface area contributed by atoms with E-state index in [9.17, 15) is 9.18 Å². The first-order chi connectivity index (χ1) is 11.2. The van der Waals surface area contributed by atoms with E-state index in [0.717, 1.165) is 0 Å². The molecule has 0 radical (unpaired) electrons. The summed E-state index contributed by atoms with van der Waals surface area (Å²) in [7, 11) is 0. The maximum absolute atomic E-state index is 13.1. The average Bonchev–Trinajstić information content (AvgIpc) is 2.57. The predicted octanol–water partition coefficient (Wildman–Crippen LogP) is 2.97. The Labute approximate surface area is 133 Å². The molecule has 120 valence electrons. The minimum Gasteiger partial charge on any atom is -0.457 e. The summed E-state index contributed by atoms with van der Waals surface area (Å²) >= 11 is 0. The van der Waals surface area contributed by atoms with Crippen LogP contribution in [0.2, 0.25) is 0 Å². The van der Waals surface area contributed by atoms with Crippen molar-refractivity contribution >= 4 is 11.6 Å². The van der Waals surface area contributed by atoms with Crippen LogP contribution in [0.4, 0.5) is 10.1 Å². The van der Waals surface area contributed by atoms with Gasteiger partial charge in [0.15, 0.2) is 6.10 Å². The molecule has 3 rings (SSSR count). The Balaban J connectivity index is 1.59. The van der Waals surface area contributed by atoms with Crippen LogP contribution in [-0.2, 0) is 14.3 Å². The minimum atomic E-state index is -0.591. The van der Waals surface area contributed by atoms with Gasteiger partial charge in [0.1, 0.15) is 17.3 Å². The summed E-state index contributed by atoms with van der Waals surface area (Å²) in [4.78, 5) is 12.0. The molecule has 1 amide bonds. The summed E-state index contributed by atoms with van der Waals surface area (Å²) in [5.74, 6) is 0.352. The number of hydrogen-bond acceptors (Lipinski definition) is 4. The van der Waals surface area contributed by atoms with Crippen LogP contribution in [-0.4, -0.2) is 31.8 Å². The number of rotatable bonds is 4. The number of halogens is 1. The molecule has 5 nitrogen and oxygen atoms in total. The maximum atomic E-state index is 13.1. The highest BCUT2D eigenvalue weighted by Crippen LogP contribution is 2.23. The Morgan fingerprint density at radius 2 is 1.96 bits per heavy atom. The Morgan fingerprint density at radius 1 is 1.13 bits per heavy atom. The molecule has 0 unspecified atom stereocenters. The molecule has 1 saturated heterocycles. The number of nitrogens with one attached hydrogen (secondary N) is 1. The van der Waals surface area contributed by atoms with Gasteiger partial charge in [0.05, 0.1) is 19.8 Å². The van der Waals surface area contributed by atoms with Crippen molar-refractivity contribution in [3.05, 3.63) is 54.3 Å². The summed E-state index contributed by atoms with van der Waals surface area (Å²) in [5, 5.41) is 2.75. The van der Waals surface area contributed by atoms with Crippen LogP contribution in [0, 0.1) is 5.82 Å². The van der Waals surface area contributed by atoms with E-state index in [0.29, 0.717) is 30.4 Å². The minimum absolute atomic E-state index is 0.247. The molecule has 0 saturated carbocycles. The van der Waals surface area contributed by atoms with Gasteiger partial charge in [-0.1, -0.05) is 6.07 Å². The number of hydrogen-bond donors (Lipinski definition) is 1. The number of benzene rings is 2. The molecular weight excluding hydrogens is 301 g/mol. The number of carbonyl (C=O) groups is 1. The van der Waals surface area contributed by atoms with Crippen LogP contribution in [0.1, 0.15) is 0 Å². The predicted molar refractivity (Wildman–Crippen MR) is 82.1 cm³/mol. The van der Waals surface area contributed by atoms with Crippen molar-refractivity contribution in [2.45, 2.75) is 6.10 Å². The molecule has 0 aromatic heterocycles. The molecule has 23 heavy (non-hydrogen) atoms. The fourth-order valence-corrected chi connectivity index (χ4v) is 2.13. The summed E-state index contributed by atoms with van der Waals surface area (Å²) in [5.41, 5.74) is 0.621. The lowest BCUT2D eigenvalue weighted by Crippen LogP contribution is -2.39. The Morgan fingerprint density at radius 3 is 2.65 bits per heavy atom. The smallest absolute Gasteiger partial charge is 0.255 e. The van der Waals surface area contributed by atoms with Gasteiger partial charge in [0, 0.05) is 11.8 Å². The molecule has 1 heterocycles. The Kier molecular flexibility index (Phi) is 4.85. The first-order valence-corrected chi connectivity index (χ1v) is 7.24. The summed E-state index contributed by atoms with van der Waals surface area (Å²) in [6.45, 7) is 1.18. The van der Waals surface area contributed by atoms with Gasteiger partial charge in [0.25, 0.3) is 5.91 Å². The topological polar surface area (TPSA) is 56.8 Å². The summed E-state index contributed by atoms with van der Waals surface area (Å²) < 4.78 is 29.2. The van der Waals surface area contributed by atoms with E-state index < -0.39 is 6.10 Å². The van der Waals surface area contributed by atoms with Crippen LogP contribution in [0.25, 0.3) is 0 Å². The lowest BCUT2D eigenvalue weighted by molar-refractivity contribution is -0.142. The number of ether oxygens (including phenoxy) is 3. The maximum Gasteiger partial charge on any atom is 0.255 e.